The first-order valence-electron chi connectivity index (χ1n) is 8.90. The van der Waals surface area contributed by atoms with Crippen LogP contribution < -0.4 is 14.9 Å². The Bertz CT molecular complexity index is 951. The largest absolute Gasteiger partial charge is 0.493 e. The SMILES string of the molecule is COc1cc(C=NNC(=O)c2ccc(C)cc2)ccc1OCc1ccccc1. The van der Waals surface area contributed by atoms with Crippen LogP contribution in [0.15, 0.2) is 77.9 Å². The summed E-state index contributed by atoms with van der Waals surface area (Å²) in [7, 11) is 1.59. The second kappa shape index (κ2) is 9.37. The summed E-state index contributed by atoms with van der Waals surface area (Å²) in [4.78, 5) is 12.1. The summed E-state index contributed by atoms with van der Waals surface area (Å²) in [6.45, 7) is 2.43. The molecule has 0 aliphatic carbocycles. The molecular weight excluding hydrogens is 352 g/mol. The molecule has 3 aromatic carbocycles. The maximum absolute atomic E-state index is 12.1. The van der Waals surface area contributed by atoms with Gasteiger partial charge in [0.1, 0.15) is 6.61 Å². The van der Waals surface area contributed by atoms with Crippen molar-refractivity contribution < 1.29 is 14.3 Å². The van der Waals surface area contributed by atoms with E-state index in [1.807, 2.05) is 67.6 Å². The Morgan fingerprint density at radius 1 is 1.00 bits per heavy atom. The van der Waals surface area contributed by atoms with Crippen molar-refractivity contribution in [3.05, 3.63) is 95.1 Å². The first kappa shape index (κ1) is 19.2. The number of hydrazone groups is 1. The number of benzene rings is 3. The van der Waals surface area contributed by atoms with Crippen LogP contribution in [-0.4, -0.2) is 19.2 Å². The number of ether oxygens (including phenoxy) is 2. The molecule has 0 saturated heterocycles. The van der Waals surface area contributed by atoms with Crippen LogP contribution in [0.1, 0.15) is 27.0 Å². The molecule has 5 heteroatoms. The van der Waals surface area contributed by atoms with Gasteiger partial charge in [-0.15, -0.1) is 0 Å². The number of aryl methyl sites for hydroxylation is 1. The number of nitrogens with one attached hydrogen (secondary N) is 1. The number of methoxy groups -OCH3 is 1. The van der Waals surface area contributed by atoms with Crippen LogP contribution in [0.2, 0.25) is 0 Å². The standard InChI is InChI=1S/C23H22N2O3/c1-17-8-11-20(12-9-17)23(26)25-24-15-19-10-13-21(22(14-19)27-2)28-16-18-6-4-3-5-7-18/h3-15H,16H2,1-2H3,(H,25,26). The van der Waals surface area contributed by atoms with Crippen LogP contribution in [0.25, 0.3) is 0 Å². The molecule has 0 aliphatic rings. The molecule has 0 heterocycles. The predicted molar refractivity (Wildman–Crippen MR) is 110 cm³/mol. The van der Waals surface area contributed by atoms with Gasteiger partial charge in [0.15, 0.2) is 11.5 Å². The van der Waals surface area contributed by atoms with Gasteiger partial charge < -0.3 is 9.47 Å². The van der Waals surface area contributed by atoms with Crippen molar-refractivity contribution >= 4 is 12.1 Å². The topological polar surface area (TPSA) is 59.9 Å². The van der Waals surface area contributed by atoms with Gasteiger partial charge in [-0.25, -0.2) is 5.43 Å². The second-order valence-corrected chi connectivity index (χ2v) is 6.25. The van der Waals surface area contributed by atoms with E-state index < -0.39 is 0 Å². The summed E-state index contributed by atoms with van der Waals surface area (Å²) in [5.41, 5.74) is 6.05. The molecule has 0 saturated carbocycles. The molecule has 0 spiro atoms. The molecule has 0 radical (unpaired) electrons. The molecule has 1 amide bonds. The highest BCUT2D eigenvalue weighted by atomic mass is 16.5. The number of hydrogen-bond acceptors (Lipinski definition) is 4. The van der Waals surface area contributed by atoms with E-state index in [0.29, 0.717) is 23.7 Å². The lowest BCUT2D eigenvalue weighted by molar-refractivity contribution is 0.0955. The summed E-state index contributed by atoms with van der Waals surface area (Å²) in [6.07, 6.45) is 1.57. The molecule has 0 bridgehead atoms. The van der Waals surface area contributed by atoms with Crippen molar-refractivity contribution in [2.45, 2.75) is 13.5 Å². The molecule has 0 fully saturated rings. The fourth-order valence-corrected chi connectivity index (χ4v) is 2.55. The van der Waals surface area contributed by atoms with Crippen LogP contribution in [0.5, 0.6) is 11.5 Å². The number of rotatable bonds is 7. The fourth-order valence-electron chi connectivity index (χ4n) is 2.55. The average Bonchev–Trinajstić information content (AvgIpc) is 2.73. The minimum atomic E-state index is -0.258. The van der Waals surface area contributed by atoms with Gasteiger partial charge in [-0.2, -0.15) is 5.10 Å². The quantitative estimate of drug-likeness (QED) is 0.494. The molecule has 0 aromatic heterocycles. The fraction of sp³-hybridized carbons (Fsp3) is 0.130. The summed E-state index contributed by atoms with van der Waals surface area (Å²) in [5.74, 6) is 0.989. The number of hydrogen-bond donors (Lipinski definition) is 1. The van der Waals surface area contributed by atoms with Gasteiger partial charge in [0, 0.05) is 5.56 Å². The zero-order chi connectivity index (χ0) is 19.8. The first-order valence-corrected chi connectivity index (χ1v) is 8.90. The summed E-state index contributed by atoms with van der Waals surface area (Å²) < 4.78 is 11.2. The van der Waals surface area contributed by atoms with Gasteiger partial charge in [-0.3, -0.25) is 4.79 Å². The van der Waals surface area contributed by atoms with Crippen LogP contribution in [0, 0.1) is 6.92 Å². The third-order valence-corrected chi connectivity index (χ3v) is 4.12. The molecule has 28 heavy (non-hydrogen) atoms. The van der Waals surface area contributed by atoms with Crippen molar-refractivity contribution in [2.75, 3.05) is 7.11 Å². The molecular formula is C23H22N2O3. The molecule has 3 rings (SSSR count). The lowest BCUT2D eigenvalue weighted by Crippen LogP contribution is -2.17. The van der Waals surface area contributed by atoms with Gasteiger partial charge >= 0.3 is 0 Å². The lowest BCUT2D eigenvalue weighted by Gasteiger charge is -2.11. The van der Waals surface area contributed by atoms with E-state index in [2.05, 4.69) is 10.5 Å². The normalized spacial score (nSPS) is 10.6. The Kier molecular flexibility index (Phi) is 6.41. The summed E-state index contributed by atoms with van der Waals surface area (Å²) >= 11 is 0. The van der Waals surface area contributed by atoms with E-state index in [1.54, 1.807) is 25.5 Å². The highest BCUT2D eigenvalue weighted by Gasteiger charge is 2.06. The summed E-state index contributed by atoms with van der Waals surface area (Å²) in [6, 6.07) is 22.7. The molecule has 142 valence electrons. The van der Waals surface area contributed by atoms with E-state index in [0.717, 1.165) is 16.7 Å². The number of carbonyl (C=O) groups excluding carboxylic acids is 1. The van der Waals surface area contributed by atoms with Gasteiger partial charge in [-0.05, 0) is 48.4 Å². The van der Waals surface area contributed by atoms with Crippen molar-refractivity contribution in [3.63, 3.8) is 0 Å². The Balaban J connectivity index is 1.61. The highest BCUT2D eigenvalue weighted by Crippen LogP contribution is 2.28. The Morgan fingerprint density at radius 2 is 1.75 bits per heavy atom. The summed E-state index contributed by atoms with van der Waals surface area (Å²) in [5, 5.41) is 4.02. The molecule has 1 N–H and O–H groups in total. The number of amides is 1. The average molecular weight is 374 g/mol. The van der Waals surface area contributed by atoms with Gasteiger partial charge in [-0.1, -0.05) is 48.0 Å². The molecule has 3 aromatic rings. The van der Waals surface area contributed by atoms with Gasteiger partial charge in [0.05, 0.1) is 13.3 Å². The van der Waals surface area contributed by atoms with Crippen molar-refractivity contribution in [1.29, 1.82) is 0 Å². The number of carbonyl (C=O) groups is 1. The van der Waals surface area contributed by atoms with E-state index in [9.17, 15) is 4.79 Å². The van der Waals surface area contributed by atoms with E-state index in [-0.39, 0.29) is 5.91 Å². The maximum Gasteiger partial charge on any atom is 0.271 e. The van der Waals surface area contributed by atoms with Crippen LogP contribution >= 0.6 is 0 Å². The maximum atomic E-state index is 12.1. The van der Waals surface area contributed by atoms with Crippen molar-refractivity contribution in [3.8, 4) is 11.5 Å². The van der Waals surface area contributed by atoms with E-state index >= 15 is 0 Å². The van der Waals surface area contributed by atoms with Crippen LogP contribution in [-0.2, 0) is 6.61 Å². The monoisotopic (exact) mass is 374 g/mol. The van der Waals surface area contributed by atoms with Crippen molar-refractivity contribution in [1.82, 2.24) is 5.43 Å². The lowest BCUT2D eigenvalue weighted by atomic mass is 10.1. The Labute approximate surface area is 164 Å². The first-order chi connectivity index (χ1) is 13.7. The van der Waals surface area contributed by atoms with Gasteiger partial charge in [0.25, 0.3) is 5.91 Å². The van der Waals surface area contributed by atoms with E-state index in [4.69, 9.17) is 9.47 Å². The zero-order valence-electron chi connectivity index (χ0n) is 15.9. The zero-order valence-corrected chi connectivity index (χ0v) is 15.9. The van der Waals surface area contributed by atoms with Crippen LogP contribution in [0.3, 0.4) is 0 Å². The van der Waals surface area contributed by atoms with Crippen molar-refractivity contribution in [2.24, 2.45) is 5.10 Å². The minimum absolute atomic E-state index is 0.258. The molecule has 0 aliphatic heterocycles. The molecule has 0 unspecified atom stereocenters. The highest BCUT2D eigenvalue weighted by molar-refractivity contribution is 5.94. The van der Waals surface area contributed by atoms with Gasteiger partial charge in [0.2, 0.25) is 0 Å². The third-order valence-electron chi connectivity index (χ3n) is 4.12. The smallest absolute Gasteiger partial charge is 0.271 e. The minimum Gasteiger partial charge on any atom is -0.493 e. The molecule has 5 nitrogen and oxygen atoms in total. The Morgan fingerprint density at radius 3 is 2.46 bits per heavy atom. The third kappa shape index (κ3) is 5.20. The number of nitrogens with zero attached hydrogens (tertiary/aromatic N) is 1. The predicted octanol–water partition coefficient (Wildman–Crippen LogP) is 4.35. The second-order valence-electron chi connectivity index (χ2n) is 6.25. The van der Waals surface area contributed by atoms with E-state index in [1.165, 1.54) is 0 Å². The Hall–Kier alpha value is -3.60. The molecule has 0 atom stereocenters. The van der Waals surface area contributed by atoms with Crippen LogP contribution in [0.4, 0.5) is 0 Å².